The van der Waals surface area contributed by atoms with E-state index >= 15 is 0 Å². The van der Waals surface area contributed by atoms with Crippen molar-refractivity contribution in [2.75, 3.05) is 48.3 Å². The minimum absolute atomic E-state index is 0.150. The van der Waals surface area contributed by atoms with Crippen LogP contribution in [0.3, 0.4) is 0 Å². The van der Waals surface area contributed by atoms with E-state index in [0.717, 1.165) is 37.3 Å². The van der Waals surface area contributed by atoms with Gasteiger partial charge in [0.2, 0.25) is 0 Å². The number of rotatable bonds is 4. The van der Waals surface area contributed by atoms with Crippen molar-refractivity contribution in [3.63, 3.8) is 0 Å². The van der Waals surface area contributed by atoms with Crippen molar-refractivity contribution in [2.45, 2.75) is 30.8 Å². The Morgan fingerprint density at radius 3 is 2.54 bits per heavy atom. The van der Waals surface area contributed by atoms with Crippen molar-refractivity contribution in [2.24, 2.45) is 0 Å². The molecule has 2 unspecified atom stereocenters. The molecule has 6 rings (SSSR count). The van der Waals surface area contributed by atoms with Crippen molar-refractivity contribution in [1.29, 1.82) is 0 Å². The minimum Gasteiger partial charge on any atom is -0.507 e. The molecule has 2 bridgehead atoms. The Bertz CT molecular complexity index is 1370. The van der Waals surface area contributed by atoms with Gasteiger partial charge in [-0.05, 0) is 49.1 Å². The maximum Gasteiger partial charge on any atom is 0.273 e. The van der Waals surface area contributed by atoms with E-state index in [0.29, 0.717) is 29.3 Å². The van der Waals surface area contributed by atoms with Crippen LogP contribution < -0.4 is 15.5 Å². The summed E-state index contributed by atoms with van der Waals surface area (Å²) >= 11 is 0. The summed E-state index contributed by atoms with van der Waals surface area (Å²) in [4.78, 5) is 10.7. The summed E-state index contributed by atoms with van der Waals surface area (Å²) in [7, 11) is 0. The number of anilines is 3. The number of pyridine rings is 1. The van der Waals surface area contributed by atoms with Crippen LogP contribution in [0.1, 0.15) is 18.5 Å². The van der Waals surface area contributed by atoms with Gasteiger partial charge in [0.25, 0.3) is 5.92 Å². The number of phenolic OH excluding ortho intramolecular Hbond substituents is 1. The number of alkyl halides is 2. The van der Waals surface area contributed by atoms with E-state index < -0.39 is 5.92 Å². The Morgan fingerprint density at radius 2 is 1.81 bits per heavy atom. The summed E-state index contributed by atoms with van der Waals surface area (Å²) in [6.07, 6.45) is 3.86. The highest BCUT2D eigenvalue weighted by molar-refractivity contribution is 5.74. The van der Waals surface area contributed by atoms with Gasteiger partial charge in [-0.2, -0.15) is 0 Å². The second-order valence-electron chi connectivity index (χ2n) is 9.92. The van der Waals surface area contributed by atoms with Crippen molar-refractivity contribution in [3.8, 4) is 28.8 Å². The number of hydrogen-bond donors (Lipinski definition) is 2. The Labute approximate surface area is 213 Å². The zero-order valence-electron chi connectivity index (χ0n) is 20.2. The Balaban J connectivity index is 1.18. The monoisotopic (exact) mass is 503 g/mol. The normalized spacial score (nSPS) is 22.3. The van der Waals surface area contributed by atoms with Gasteiger partial charge in [0.15, 0.2) is 5.82 Å². The van der Waals surface area contributed by atoms with Crippen LogP contribution in [0.2, 0.25) is 0 Å². The maximum absolute atomic E-state index is 13.0. The van der Waals surface area contributed by atoms with Gasteiger partial charge in [-0.15, -0.1) is 10.2 Å². The number of aromatic nitrogens is 3. The fourth-order valence-electron chi connectivity index (χ4n) is 5.60. The smallest absolute Gasteiger partial charge is 0.273 e. The zero-order valence-corrected chi connectivity index (χ0v) is 20.2. The molecule has 1 aromatic carbocycles. The number of aromatic hydroxyl groups is 1. The molecule has 5 heterocycles. The van der Waals surface area contributed by atoms with Crippen LogP contribution in [0, 0.1) is 11.8 Å². The zero-order chi connectivity index (χ0) is 25.6. The molecule has 3 aliphatic heterocycles. The highest BCUT2D eigenvalue weighted by atomic mass is 19.3. The first-order valence-electron chi connectivity index (χ1n) is 12.4. The van der Waals surface area contributed by atoms with Crippen LogP contribution in [-0.2, 0) is 0 Å². The molecule has 3 aromatic rings. The molecule has 190 valence electrons. The van der Waals surface area contributed by atoms with Gasteiger partial charge in [0.05, 0.1) is 31.0 Å². The van der Waals surface area contributed by atoms with Gasteiger partial charge in [-0.3, -0.25) is 4.90 Å². The Hall–Kier alpha value is -3.97. The topological polar surface area (TPSA) is 94.6 Å². The number of nitrogen functional groups attached to an aromatic ring is 1. The number of nitrogens with zero attached hydrogens (tertiary/aromatic N) is 6. The summed E-state index contributed by atoms with van der Waals surface area (Å²) in [6, 6.07) is 13.5. The highest BCUT2D eigenvalue weighted by Crippen LogP contribution is 2.39. The highest BCUT2D eigenvalue weighted by Gasteiger charge is 2.43. The fraction of sp³-hybridized carbons (Fsp3) is 0.370. The lowest BCUT2D eigenvalue weighted by atomic mass is 10.1. The summed E-state index contributed by atoms with van der Waals surface area (Å²) in [5.41, 5.74) is 9.98. The first kappa shape index (κ1) is 23.4. The van der Waals surface area contributed by atoms with Crippen molar-refractivity contribution in [1.82, 2.24) is 20.1 Å². The number of hydrogen-bond acceptors (Lipinski definition) is 8. The van der Waals surface area contributed by atoms with Crippen molar-refractivity contribution in [3.05, 3.63) is 54.4 Å². The second kappa shape index (κ2) is 9.16. The summed E-state index contributed by atoms with van der Waals surface area (Å²) in [6.45, 7) is 1.41. The predicted molar refractivity (Wildman–Crippen MR) is 138 cm³/mol. The van der Waals surface area contributed by atoms with Gasteiger partial charge in [0.1, 0.15) is 11.4 Å². The molecule has 3 fully saturated rings. The molecule has 2 atom stereocenters. The number of fused-ring (bicyclic) bond motifs is 2. The molecule has 0 radical (unpaired) electrons. The first-order valence-corrected chi connectivity index (χ1v) is 12.4. The van der Waals surface area contributed by atoms with E-state index in [-0.39, 0.29) is 30.9 Å². The molecule has 2 aromatic heterocycles. The standard InChI is InChI=1S/C27H27F2N7O/c28-27(29)16-34(17-27)11-3-4-18-12-19(9-10-31-18)36-20-7-8-21(36)15-35(14-20)24-13-23(32-33-26(24)30)22-5-1-2-6-25(22)37/h1-2,5-6,9-10,12-13,20-21,37H,7-8,11,14-17H2,(H2,30,33). The van der Waals surface area contributed by atoms with Gasteiger partial charge in [0, 0.05) is 42.6 Å². The van der Waals surface area contributed by atoms with Crippen LogP contribution in [0.15, 0.2) is 48.7 Å². The largest absolute Gasteiger partial charge is 0.507 e. The van der Waals surface area contributed by atoms with Gasteiger partial charge in [-0.1, -0.05) is 18.1 Å². The average molecular weight is 504 g/mol. The molecule has 0 saturated carbocycles. The second-order valence-corrected chi connectivity index (χ2v) is 9.92. The molecule has 3 saturated heterocycles. The third-order valence-electron chi connectivity index (χ3n) is 7.27. The number of halogens is 2. The van der Waals surface area contributed by atoms with Crippen LogP contribution in [0.5, 0.6) is 5.75 Å². The SMILES string of the molecule is Nc1nnc(-c2ccccc2O)cc1N1CC2CCC(C1)N2c1ccnc(C#CCN2CC(F)(F)C2)c1. The summed E-state index contributed by atoms with van der Waals surface area (Å²) < 4.78 is 26.0. The molecule has 0 amide bonds. The number of likely N-dealkylation sites (tertiary alicyclic amines) is 1. The van der Waals surface area contributed by atoms with E-state index in [4.69, 9.17) is 5.73 Å². The molecule has 3 N–H and O–H groups in total. The molecule has 3 aliphatic rings. The lowest BCUT2D eigenvalue weighted by Gasteiger charge is -2.43. The Kier molecular flexibility index (Phi) is 5.80. The molecule has 8 nitrogen and oxygen atoms in total. The number of benzene rings is 1. The van der Waals surface area contributed by atoms with Crippen molar-refractivity contribution < 1.29 is 13.9 Å². The quantitative estimate of drug-likeness (QED) is 0.525. The van der Waals surface area contributed by atoms with E-state index in [1.807, 2.05) is 30.3 Å². The molecular weight excluding hydrogens is 476 g/mol. The van der Waals surface area contributed by atoms with Gasteiger partial charge >= 0.3 is 0 Å². The number of piperazine rings is 1. The van der Waals surface area contributed by atoms with Gasteiger partial charge < -0.3 is 20.6 Å². The van der Waals surface area contributed by atoms with E-state index in [2.05, 4.69) is 36.8 Å². The molecule has 0 spiro atoms. The molecular formula is C27H27F2N7O. The molecule has 37 heavy (non-hydrogen) atoms. The van der Waals surface area contributed by atoms with Crippen LogP contribution >= 0.6 is 0 Å². The third kappa shape index (κ3) is 4.62. The number of para-hydroxylation sites is 1. The summed E-state index contributed by atoms with van der Waals surface area (Å²) in [5, 5.41) is 18.7. The lowest BCUT2D eigenvalue weighted by molar-refractivity contribution is -0.125. The molecule has 10 heteroatoms. The number of phenols is 1. The van der Waals surface area contributed by atoms with E-state index in [9.17, 15) is 13.9 Å². The first-order chi connectivity index (χ1) is 17.9. The summed E-state index contributed by atoms with van der Waals surface area (Å²) in [5.74, 6) is 3.95. The third-order valence-corrected chi connectivity index (χ3v) is 7.27. The van der Waals surface area contributed by atoms with E-state index in [1.54, 1.807) is 23.2 Å². The van der Waals surface area contributed by atoms with Crippen LogP contribution in [0.25, 0.3) is 11.3 Å². The number of nitrogens with two attached hydrogens (primary N) is 1. The van der Waals surface area contributed by atoms with Crippen molar-refractivity contribution >= 4 is 17.2 Å². The Morgan fingerprint density at radius 1 is 1.05 bits per heavy atom. The maximum atomic E-state index is 13.0. The minimum atomic E-state index is -2.58. The van der Waals surface area contributed by atoms with E-state index in [1.165, 1.54) is 0 Å². The van der Waals surface area contributed by atoms with Crippen LogP contribution in [-0.4, -0.2) is 75.9 Å². The molecule has 0 aliphatic carbocycles. The fourth-order valence-corrected chi connectivity index (χ4v) is 5.60. The predicted octanol–water partition coefficient (Wildman–Crippen LogP) is 2.99. The lowest BCUT2D eigenvalue weighted by Crippen LogP contribution is -2.55. The van der Waals surface area contributed by atoms with Crippen LogP contribution in [0.4, 0.5) is 26.0 Å². The van der Waals surface area contributed by atoms with Gasteiger partial charge in [-0.25, -0.2) is 13.8 Å². The average Bonchev–Trinajstić information content (AvgIpc) is 3.13.